The fourth-order valence-corrected chi connectivity index (χ4v) is 3.06. The summed E-state index contributed by atoms with van der Waals surface area (Å²) in [7, 11) is 0. The fraction of sp³-hybridized carbons (Fsp3) is 1.00. The van der Waals surface area contributed by atoms with Crippen molar-refractivity contribution >= 4 is 0 Å². The third-order valence-electron chi connectivity index (χ3n) is 3.91. The molecule has 2 aliphatic rings. The van der Waals surface area contributed by atoms with E-state index in [0.717, 1.165) is 11.8 Å². The largest absolute Gasteiger partial charge is 0.316 e. The first-order chi connectivity index (χ1) is 7.34. The van der Waals surface area contributed by atoms with E-state index in [1.54, 1.807) is 0 Å². The fourth-order valence-electron chi connectivity index (χ4n) is 3.06. The van der Waals surface area contributed by atoms with E-state index in [4.69, 9.17) is 0 Å². The lowest BCUT2D eigenvalue weighted by atomic mass is 9.98. The summed E-state index contributed by atoms with van der Waals surface area (Å²) in [6.07, 6.45) is 7.14. The van der Waals surface area contributed by atoms with Crippen molar-refractivity contribution in [1.29, 1.82) is 0 Å². The maximum Gasteiger partial charge on any atom is 0.00219 e. The predicted octanol–water partition coefficient (Wildman–Crippen LogP) is 2.11. The second kappa shape index (κ2) is 5.86. The minimum atomic E-state index is 0.920. The first-order valence-electron chi connectivity index (χ1n) is 6.77. The number of nitrogens with zero attached hydrogens (tertiary/aromatic N) is 1. The van der Waals surface area contributed by atoms with Crippen molar-refractivity contribution in [2.24, 2.45) is 11.8 Å². The van der Waals surface area contributed by atoms with E-state index in [1.165, 1.54) is 64.8 Å². The summed E-state index contributed by atoms with van der Waals surface area (Å²) >= 11 is 0. The molecule has 2 rings (SSSR count). The van der Waals surface area contributed by atoms with Crippen LogP contribution in [-0.2, 0) is 0 Å². The topological polar surface area (TPSA) is 15.3 Å². The van der Waals surface area contributed by atoms with E-state index in [0.29, 0.717) is 0 Å². The Hall–Kier alpha value is -0.0800. The van der Waals surface area contributed by atoms with E-state index >= 15 is 0 Å². The molecule has 88 valence electrons. The van der Waals surface area contributed by atoms with Crippen LogP contribution in [0.3, 0.4) is 0 Å². The molecule has 2 unspecified atom stereocenters. The summed E-state index contributed by atoms with van der Waals surface area (Å²) in [5.41, 5.74) is 0. The van der Waals surface area contributed by atoms with E-state index < -0.39 is 0 Å². The molecule has 2 nitrogen and oxygen atoms in total. The molecule has 0 radical (unpaired) electrons. The third kappa shape index (κ3) is 3.76. The van der Waals surface area contributed by atoms with Crippen molar-refractivity contribution in [1.82, 2.24) is 10.2 Å². The van der Waals surface area contributed by atoms with Gasteiger partial charge in [-0.15, -0.1) is 0 Å². The highest BCUT2D eigenvalue weighted by molar-refractivity contribution is 4.75. The second-order valence-electron chi connectivity index (χ2n) is 5.57. The number of nitrogens with one attached hydrogen (secondary N) is 1. The third-order valence-corrected chi connectivity index (χ3v) is 3.91. The van der Waals surface area contributed by atoms with Crippen LogP contribution >= 0.6 is 0 Å². The average Bonchev–Trinajstić information content (AvgIpc) is 2.44. The van der Waals surface area contributed by atoms with Crippen LogP contribution in [0.5, 0.6) is 0 Å². The lowest BCUT2D eigenvalue weighted by Gasteiger charge is -2.30. The van der Waals surface area contributed by atoms with E-state index in [1.807, 2.05) is 0 Å². The molecule has 0 saturated carbocycles. The molecule has 0 aliphatic carbocycles. The monoisotopic (exact) mass is 210 g/mol. The maximum atomic E-state index is 3.52. The molecule has 0 amide bonds. The van der Waals surface area contributed by atoms with Crippen molar-refractivity contribution in [2.45, 2.75) is 39.0 Å². The van der Waals surface area contributed by atoms with E-state index in [2.05, 4.69) is 17.1 Å². The van der Waals surface area contributed by atoms with Gasteiger partial charge < -0.3 is 10.2 Å². The van der Waals surface area contributed by atoms with Gasteiger partial charge >= 0.3 is 0 Å². The number of hydrogen-bond acceptors (Lipinski definition) is 2. The average molecular weight is 210 g/mol. The smallest absolute Gasteiger partial charge is 0.00219 e. The summed E-state index contributed by atoms with van der Waals surface area (Å²) in [6.45, 7) is 8.95. The Morgan fingerprint density at radius 2 is 2.13 bits per heavy atom. The Morgan fingerprint density at radius 1 is 1.20 bits per heavy atom. The molecule has 0 aromatic rings. The Kier molecular flexibility index (Phi) is 4.45. The Labute approximate surface area is 94.4 Å². The molecule has 2 heteroatoms. The zero-order valence-corrected chi connectivity index (χ0v) is 10.2. The molecule has 0 bridgehead atoms. The van der Waals surface area contributed by atoms with Crippen LogP contribution in [0.25, 0.3) is 0 Å². The highest BCUT2D eigenvalue weighted by atomic mass is 15.1. The Bertz CT molecular complexity index is 175. The van der Waals surface area contributed by atoms with Crippen LogP contribution in [0, 0.1) is 11.8 Å². The molecule has 2 aliphatic heterocycles. The molecule has 2 atom stereocenters. The molecule has 2 fully saturated rings. The molecule has 2 heterocycles. The molecule has 1 N–H and O–H groups in total. The summed E-state index contributed by atoms with van der Waals surface area (Å²) in [6, 6.07) is 0. The molecular formula is C13H26N2. The summed E-state index contributed by atoms with van der Waals surface area (Å²) in [5, 5.41) is 3.52. The molecule has 0 spiro atoms. The summed E-state index contributed by atoms with van der Waals surface area (Å²) in [5.74, 6) is 1.84. The van der Waals surface area contributed by atoms with Gasteiger partial charge in [0.25, 0.3) is 0 Å². The van der Waals surface area contributed by atoms with Gasteiger partial charge in [-0.25, -0.2) is 0 Å². The summed E-state index contributed by atoms with van der Waals surface area (Å²) in [4.78, 5) is 2.72. The van der Waals surface area contributed by atoms with Crippen molar-refractivity contribution in [2.75, 3.05) is 32.7 Å². The van der Waals surface area contributed by atoms with Crippen LogP contribution in [0.15, 0.2) is 0 Å². The number of rotatable bonds is 2. The molecule has 15 heavy (non-hydrogen) atoms. The molecular weight excluding hydrogens is 184 g/mol. The van der Waals surface area contributed by atoms with Crippen LogP contribution in [0.2, 0.25) is 0 Å². The lowest BCUT2D eigenvalue weighted by molar-refractivity contribution is 0.198. The van der Waals surface area contributed by atoms with Gasteiger partial charge in [-0.05, 0) is 57.2 Å². The van der Waals surface area contributed by atoms with Crippen molar-refractivity contribution in [3.63, 3.8) is 0 Å². The van der Waals surface area contributed by atoms with Gasteiger partial charge in [0.15, 0.2) is 0 Å². The van der Waals surface area contributed by atoms with Crippen molar-refractivity contribution < 1.29 is 0 Å². The molecule has 2 saturated heterocycles. The Balaban J connectivity index is 1.76. The number of hydrogen-bond donors (Lipinski definition) is 1. The predicted molar refractivity (Wildman–Crippen MR) is 65.0 cm³/mol. The minimum Gasteiger partial charge on any atom is -0.316 e. The zero-order valence-electron chi connectivity index (χ0n) is 10.2. The lowest BCUT2D eigenvalue weighted by Crippen LogP contribution is -2.39. The van der Waals surface area contributed by atoms with E-state index in [9.17, 15) is 0 Å². The standard InChI is InChI=1S/C13H26N2/c1-12-5-2-3-8-15(10-12)11-13-6-4-7-14-9-13/h12-14H,2-11H2,1H3. The van der Waals surface area contributed by atoms with Gasteiger partial charge in [0.1, 0.15) is 0 Å². The second-order valence-corrected chi connectivity index (χ2v) is 5.57. The maximum absolute atomic E-state index is 3.52. The number of piperidine rings is 1. The van der Waals surface area contributed by atoms with Gasteiger partial charge in [-0.1, -0.05) is 13.3 Å². The molecule has 0 aromatic carbocycles. The van der Waals surface area contributed by atoms with Crippen LogP contribution < -0.4 is 5.32 Å². The van der Waals surface area contributed by atoms with Crippen molar-refractivity contribution in [3.05, 3.63) is 0 Å². The quantitative estimate of drug-likeness (QED) is 0.751. The summed E-state index contributed by atoms with van der Waals surface area (Å²) < 4.78 is 0. The van der Waals surface area contributed by atoms with Gasteiger partial charge in [0.2, 0.25) is 0 Å². The molecule has 0 aromatic heterocycles. The van der Waals surface area contributed by atoms with Gasteiger partial charge in [-0.3, -0.25) is 0 Å². The highest BCUT2D eigenvalue weighted by Crippen LogP contribution is 2.18. The van der Waals surface area contributed by atoms with Gasteiger partial charge in [0, 0.05) is 13.1 Å². The van der Waals surface area contributed by atoms with Crippen molar-refractivity contribution in [3.8, 4) is 0 Å². The zero-order chi connectivity index (χ0) is 10.5. The van der Waals surface area contributed by atoms with Gasteiger partial charge in [-0.2, -0.15) is 0 Å². The first kappa shape index (κ1) is 11.4. The van der Waals surface area contributed by atoms with Crippen LogP contribution in [0.1, 0.15) is 39.0 Å². The normalized spacial score (nSPS) is 35.0. The SMILES string of the molecule is CC1CCCCN(CC2CCCNC2)C1. The van der Waals surface area contributed by atoms with Gasteiger partial charge in [0.05, 0.1) is 0 Å². The Morgan fingerprint density at radius 3 is 2.93 bits per heavy atom. The highest BCUT2D eigenvalue weighted by Gasteiger charge is 2.19. The first-order valence-corrected chi connectivity index (χ1v) is 6.77. The number of likely N-dealkylation sites (tertiary alicyclic amines) is 1. The van der Waals surface area contributed by atoms with Crippen LogP contribution in [0.4, 0.5) is 0 Å². The van der Waals surface area contributed by atoms with E-state index in [-0.39, 0.29) is 0 Å². The van der Waals surface area contributed by atoms with Crippen LogP contribution in [-0.4, -0.2) is 37.6 Å². The minimum absolute atomic E-state index is 0.920.